The summed E-state index contributed by atoms with van der Waals surface area (Å²) in [5.41, 5.74) is 0.0853. The Hall–Kier alpha value is -2.25. The van der Waals surface area contributed by atoms with Crippen LogP contribution in [0.2, 0.25) is 0 Å². The number of nitrogens with one attached hydrogen (secondary N) is 2. The summed E-state index contributed by atoms with van der Waals surface area (Å²) in [5, 5.41) is 5.72. The number of ether oxygens (including phenoxy) is 2. The van der Waals surface area contributed by atoms with E-state index in [2.05, 4.69) is 10.6 Å². The highest BCUT2D eigenvalue weighted by molar-refractivity contribution is 5.73. The molecule has 2 rings (SSSR count). The molecule has 118 valence electrons. The summed E-state index contributed by atoms with van der Waals surface area (Å²) in [4.78, 5) is 23.2. The summed E-state index contributed by atoms with van der Waals surface area (Å²) in [6.45, 7) is 0.556. The van der Waals surface area contributed by atoms with Gasteiger partial charge < -0.3 is 20.1 Å². The Kier molecular flexibility index (Phi) is 5.24. The third-order valence-corrected chi connectivity index (χ3v) is 3.26. The Morgan fingerprint density at radius 1 is 1.00 bits per heavy atom. The van der Waals surface area contributed by atoms with Crippen molar-refractivity contribution in [3.05, 3.63) is 56.1 Å². The topological polar surface area (TPSA) is 76.7 Å². The second-order valence-corrected chi connectivity index (χ2v) is 4.67. The molecule has 0 heterocycles. The lowest BCUT2D eigenvalue weighted by molar-refractivity contribution is -0.0914. The molecule has 7 heteroatoms. The second kappa shape index (κ2) is 7.15. The van der Waals surface area contributed by atoms with Crippen LogP contribution >= 0.6 is 0 Å². The zero-order chi connectivity index (χ0) is 16.1. The molecule has 0 saturated carbocycles. The molecule has 0 aromatic heterocycles. The fraction of sp³-hybridized carbons (Fsp3) is 0.333. The van der Waals surface area contributed by atoms with Gasteiger partial charge in [0.1, 0.15) is 17.2 Å². The van der Waals surface area contributed by atoms with Gasteiger partial charge in [-0.3, -0.25) is 9.59 Å². The van der Waals surface area contributed by atoms with E-state index >= 15 is 0 Å². The van der Waals surface area contributed by atoms with Crippen LogP contribution in [0.5, 0.6) is 0 Å². The first-order valence-corrected chi connectivity index (χ1v) is 6.68. The van der Waals surface area contributed by atoms with Crippen molar-refractivity contribution in [2.75, 3.05) is 31.4 Å². The second-order valence-electron chi connectivity index (χ2n) is 4.67. The maximum atomic E-state index is 12.8. The first-order valence-electron chi connectivity index (χ1n) is 6.68. The van der Waals surface area contributed by atoms with E-state index in [1.165, 1.54) is 26.4 Å². The van der Waals surface area contributed by atoms with Gasteiger partial charge in [0.2, 0.25) is 0 Å². The third-order valence-electron chi connectivity index (χ3n) is 3.26. The van der Waals surface area contributed by atoms with E-state index in [4.69, 9.17) is 9.47 Å². The van der Waals surface area contributed by atoms with Crippen molar-refractivity contribution >= 4 is 11.4 Å². The minimum Gasteiger partial charge on any atom is -0.376 e. The van der Waals surface area contributed by atoms with E-state index in [1.807, 2.05) is 0 Å². The minimum absolute atomic E-state index is 0.214. The number of benzene rings is 1. The Balaban J connectivity index is 1.99. The number of methoxy groups -OCH3 is 2. The Bertz CT molecular complexity index is 688. The molecular weight excluding hydrogens is 291 g/mol. The maximum absolute atomic E-state index is 12.8. The van der Waals surface area contributed by atoms with Crippen molar-refractivity contribution < 1.29 is 13.9 Å². The van der Waals surface area contributed by atoms with Crippen LogP contribution in [-0.4, -0.2) is 27.1 Å². The largest absolute Gasteiger partial charge is 0.376 e. The Labute approximate surface area is 126 Å². The van der Waals surface area contributed by atoms with Gasteiger partial charge in [-0.1, -0.05) is 12.1 Å². The van der Waals surface area contributed by atoms with Crippen LogP contribution in [0.4, 0.5) is 15.8 Å². The fourth-order valence-corrected chi connectivity index (χ4v) is 1.97. The molecule has 0 fully saturated rings. The van der Waals surface area contributed by atoms with Gasteiger partial charge in [0.05, 0.1) is 6.54 Å². The number of rotatable bonds is 8. The van der Waals surface area contributed by atoms with Crippen molar-refractivity contribution in [1.29, 1.82) is 0 Å². The van der Waals surface area contributed by atoms with Crippen LogP contribution in [0.25, 0.3) is 0 Å². The fourth-order valence-electron chi connectivity index (χ4n) is 1.97. The Morgan fingerprint density at radius 3 is 2.09 bits per heavy atom. The van der Waals surface area contributed by atoms with Crippen molar-refractivity contribution in [3.63, 3.8) is 0 Å². The highest BCUT2D eigenvalue weighted by atomic mass is 19.1. The molecule has 0 saturated heterocycles. The van der Waals surface area contributed by atoms with Gasteiger partial charge in [0, 0.05) is 20.8 Å². The quantitative estimate of drug-likeness (QED) is 0.561. The van der Waals surface area contributed by atoms with E-state index in [0.717, 1.165) is 5.56 Å². The molecular formula is C15H17FN2O4. The summed E-state index contributed by atoms with van der Waals surface area (Å²) >= 11 is 0. The van der Waals surface area contributed by atoms with Crippen molar-refractivity contribution in [3.8, 4) is 0 Å². The van der Waals surface area contributed by atoms with Gasteiger partial charge in [-0.15, -0.1) is 0 Å². The van der Waals surface area contributed by atoms with Gasteiger partial charge in [-0.05, 0) is 17.7 Å². The standard InChI is InChI=1S/C15H17FN2O4/c1-21-11(22-2)8-18-13-12(14(19)15(13)20)17-7-9-3-5-10(16)6-4-9/h3-6,11,17-18H,7-8H2,1-2H3. The predicted molar refractivity (Wildman–Crippen MR) is 81.4 cm³/mol. The maximum Gasteiger partial charge on any atom is 0.253 e. The molecule has 0 bridgehead atoms. The number of hydrogen-bond donors (Lipinski definition) is 2. The van der Waals surface area contributed by atoms with Gasteiger partial charge in [-0.25, -0.2) is 4.39 Å². The van der Waals surface area contributed by atoms with Gasteiger partial charge in [-0.2, -0.15) is 0 Å². The monoisotopic (exact) mass is 308 g/mol. The van der Waals surface area contributed by atoms with E-state index in [1.54, 1.807) is 12.1 Å². The molecule has 2 N–H and O–H groups in total. The van der Waals surface area contributed by atoms with E-state index in [9.17, 15) is 14.0 Å². The Morgan fingerprint density at radius 2 is 1.55 bits per heavy atom. The number of hydrogen-bond acceptors (Lipinski definition) is 6. The molecule has 0 aliphatic rings. The summed E-state index contributed by atoms with van der Waals surface area (Å²) in [7, 11) is 2.96. The molecule has 0 unspecified atom stereocenters. The molecule has 0 atom stereocenters. The normalized spacial score (nSPS) is 11.1. The van der Waals surface area contributed by atoms with Crippen LogP contribution in [-0.2, 0) is 16.0 Å². The molecule has 0 amide bonds. The highest BCUT2D eigenvalue weighted by Crippen LogP contribution is 2.16. The van der Waals surface area contributed by atoms with Crippen molar-refractivity contribution in [2.45, 2.75) is 12.8 Å². The molecule has 2 aromatic carbocycles. The average molecular weight is 308 g/mol. The molecule has 2 aromatic rings. The predicted octanol–water partition coefficient (Wildman–Crippen LogP) is 1.06. The average Bonchev–Trinajstić information content (AvgIpc) is 2.54. The zero-order valence-electron chi connectivity index (χ0n) is 12.3. The summed E-state index contributed by atoms with van der Waals surface area (Å²) in [6.07, 6.45) is -0.519. The highest BCUT2D eigenvalue weighted by Gasteiger charge is 2.21. The molecule has 6 nitrogen and oxygen atoms in total. The SMILES string of the molecule is COC(CNc1c(NCc2ccc(F)cc2)c(=O)c1=O)OC. The lowest BCUT2D eigenvalue weighted by atomic mass is 10.1. The molecule has 0 aliphatic carbocycles. The van der Waals surface area contributed by atoms with Crippen LogP contribution in [0, 0.1) is 5.82 Å². The van der Waals surface area contributed by atoms with Gasteiger partial charge in [0.25, 0.3) is 10.9 Å². The van der Waals surface area contributed by atoms with Crippen molar-refractivity contribution in [1.82, 2.24) is 0 Å². The summed E-state index contributed by atoms with van der Waals surface area (Å²) in [6, 6.07) is 5.87. The number of anilines is 2. The van der Waals surface area contributed by atoms with Crippen LogP contribution in [0.1, 0.15) is 5.56 Å². The van der Waals surface area contributed by atoms with Crippen LogP contribution < -0.4 is 21.5 Å². The van der Waals surface area contributed by atoms with E-state index in [0.29, 0.717) is 6.54 Å². The lowest BCUT2D eigenvalue weighted by Gasteiger charge is -2.18. The van der Waals surface area contributed by atoms with E-state index < -0.39 is 17.1 Å². The number of halogens is 1. The van der Waals surface area contributed by atoms with Gasteiger partial charge >= 0.3 is 0 Å². The summed E-state index contributed by atoms with van der Waals surface area (Å²) in [5.74, 6) is -0.328. The lowest BCUT2D eigenvalue weighted by Crippen LogP contribution is -2.39. The first kappa shape index (κ1) is 16.1. The summed E-state index contributed by atoms with van der Waals surface area (Å²) < 4.78 is 22.8. The smallest absolute Gasteiger partial charge is 0.253 e. The van der Waals surface area contributed by atoms with E-state index in [-0.39, 0.29) is 23.7 Å². The van der Waals surface area contributed by atoms with Crippen LogP contribution in [0.3, 0.4) is 0 Å². The van der Waals surface area contributed by atoms with Crippen molar-refractivity contribution in [2.24, 2.45) is 0 Å². The zero-order valence-corrected chi connectivity index (χ0v) is 12.3. The molecule has 0 spiro atoms. The third kappa shape index (κ3) is 3.49. The minimum atomic E-state index is -0.576. The first-order chi connectivity index (χ1) is 10.6. The molecule has 22 heavy (non-hydrogen) atoms. The molecule has 0 radical (unpaired) electrons. The van der Waals surface area contributed by atoms with Gasteiger partial charge in [0.15, 0.2) is 6.29 Å². The molecule has 0 aliphatic heterocycles. The van der Waals surface area contributed by atoms with Crippen LogP contribution in [0.15, 0.2) is 33.9 Å².